The Labute approximate surface area is 215 Å². The molecule has 3 aromatic rings. The maximum absolute atomic E-state index is 14.4. The largest absolute Gasteiger partial charge is 0.485 e. The molecule has 0 bridgehead atoms. The summed E-state index contributed by atoms with van der Waals surface area (Å²) in [5.74, 6) is -0.383. The lowest BCUT2D eigenvalue weighted by Gasteiger charge is -2.36. The van der Waals surface area contributed by atoms with Gasteiger partial charge in [-0.15, -0.1) is 0 Å². The number of benzene rings is 2. The number of rotatable bonds is 6. The predicted octanol–water partition coefficient (Wildman–Crippen LogP) is 4.23. The molecular weight excluding hydrogens is 475 g/mol. The van der Waals surface area contributed by atoms with Gasteiger partial charge in [0.25, 0.3) is 5.91 Å². The Morgan fingerprint density at radius 1 is 1.11 bits per heavy atom. The quantitative estimate of drug-likeness (QED) is 0.541. The van der Waals surface area contributed by atoms with E-state index in [2.05, 4.69) is 10.4 Å². The van der Waals surface area contributed by atoms with Gasteiger partial charge in [0.2, 0.25) is 12.0 Å². The SMILES string of the molecule is Cc1nn(C)cc1[C@@H](C(=O)NC1CCCCC1)N(C(=O)[C@H]1COc2ccccc2O1)c1cccc(F)c1. The maximum atomic E-state index is 14.4. The van der Waals surface area contributed by atoms with Crippen LogP contribution in [0.25, 0.3) is 0 Å². The van der Waals surface area contributed by atoms with E-state index in [4.69, 9.17) is 9.47 Å². The molecular formula is C28H31FN4O4. The lowest BCUT2D eigenvalue weighted by atomic mass is 9.94. The van der Waals surface area contributed by atoms with Crippen LogP contribution in [0.2, 0.25) is 0 Å². The summed E-state index contributed by atoms with van der Waals surface area (Å²) in [6.45, 7) is 1.76. The highest BCUT2D eigenvalue weighted by molar-refractivity contribution is 6.03. The molecule has 1 N–H and O–H groups in total. The summed E-state index contributed by atoms with van der Waals surface area (Å²) in [4.78, 5) is 29.4. The number of nitrogens with zero attached hydrogens (tertiary/aromatic N) is 3. The molecule has 2 aliphatic rings. The average Bonchev–Trinajstić information content (AvgIpc) is 3.24. The highest BCUT2D eigenvalue weighted by Crippen LogP contribution is 2.35. The molecule has 37 heavy (non-hydrogen) atoms. The van der Waals surface area contributed by atoms with Gasteiger partial charge in [0, 0.05) is 30.5 Å². The van der Waals surface area contributed by atoms with Gasteiger partial charge in [-0.2, -0.15) is 5.10 Å². The Morgan fingerprint density at radius 3 is 2.57 bits per heavy atom. The summed E-state index contributed by atoms with van der Waals surface area (Å²) < 4.78 is 27.9. The van der Waals surface area contributed by atoms with Crippen molar-refractivity contribution in [3.05, 3.63) is 71.8 Å². The molecule has 1 aromatic heterocycles. The van der Waals surface area contributed by atoms with E-state index in [9.17, 15) is 14.0 Å². The fraction of sp³-hybridized carbons (Fsp3) is 0.393. The fourth-order valence-electron chi connectivity index (χ4n) is 5.14. The van der Waals surface area contributed by atoms with Crippen molar-refractivity contribution in [2.24, 2.45) is 7.05 Å². The number of amides is 2. The lowest BCUT2D eigenvalue weighted by molar-refractivity contribution is -0.132. The van der Waals surface area contributed by atoms with Crippen molar-refractivity contribution in [2.45, 2.75) is 57.2 Å². The minimum absolute atomic E-state index is 0.0197. The van der Waals surface area contributed by atoms with Gasteiger partial charge in [0.15, 0.2) is 11.5 Å². The van der Waals surface area contributed by atoms with Crippen LogP contribution in [0.4, 0.5) is 10.1 Å². The van der Waals surface area contributed by atoms with Crippen molar-refractivity contribution in [1.29, 1.82) is 0 Å². The number of anilines is 1. The van der Waals surface area contributed by atoms with Gasteiger partial charge in [0.05, 0.1) is 5.69 Å². The van der Waals surface area contributed by atoms with Crippen LogP contribution in [0.3, 0.4) is 0 Å². The number of ether oxygens (including phenoxy) is 2. The standard InChI is InChI=1S/C28H31FN4O4/c1-18-22(16-32(2)31-18)26(27(34)30-20-10-4-3-5-11-20)33(21-12-8-9-19(29)15-21)28(35)25-17-36-23-13-6-7-14-24(23)37-25/h6-9,12-16,20,25-26H,3-5,10-11,17H2,1-2H3,(H,30,34)/t25-,26+/m1/s1. The predicted molar refractivity (Wildman–Crippen MR) is 136 cm³/mol. The van der Waals surface area contributed by atoms with E-state index < -0.39 is 23.9 Å². The van der Waals surface area contributed by atoms with Crippen molar-refractivity contribution in [2.75, 3.05) is 11.5 Å². The van der Waals surface area contributed by atoms with E-state index in [0.29, 0.717) is 22.8 Å². The van der Waals surface area contributed by atoms with Crippen molar-refractivity contribution in [1.82, 2.24) is 15.1 Å². The number of aromatic nitrogens is 2. The molecule has 1 saturated carbocycles. The zero-order valence-corrected chi connectivity index (χ0v) is 21.0. The zero-order chi connectivity index (χ0) is 25.9. The van der Waals surface area contributed by atoms with Gasteiger partial charge in [-0.3, -0.25) is 19.2 Å². The van der Waals surface area contributed by atoms with Crippen LogP contribution in [0.15, 0.2) is 54.7 Å². The van der Waals surface area contributed by atoms with Crippen LogP contribution in [0.1, 0.15) is 49.4 Å². The molecule has 8 nitrogen and oxygen atoms in total. The van der Waals surface area contributed by atoms with Gasteiger partial charge in [-0.1, -0.05) is 37.5 Å². The molecule has 9 heteroatoms. The molecule has 0 spiro atoms. The summed E-state index contributed by atoms with van der Waals surface area (Å²) in [5.41, 5.74) is 1.41. The van der Waals surface area contributed by atoms with E-state index in [-0.39, 0.29) is 24.2 Å². The Morgan fingerprint density at radius 2 is 1.86 bits per heavy atom. The van der Waals surface area contributed by atoms with Gasteiger partial charge < -0.3 is 14.8 Å². The van der Waals surface area contributed by atoms with Crippen LogP contribution in [-0.4, -0.2) is 40.3 Å². The smallest absolute Gasteiger partial charge is 0.272 e. The summed E-state index contributed by atoms with van der Waals surface area (Å²) in [6, 6.07) is 11.7. The first-order chi connectivity index (χ1) is 17.9. The minimum Gasteiger partial charge on any atom is -0.485 e. The van der Waals surface area contributed by atoms with E-state index in [1.165, 1.54) is 23.1 Å². The normalized spacial score (nSPS) is 18.2. The molecule has 194 valence electrons. The Balaban J connectivity index is 1.56. The van der Waals surface area contributed by atoms with Crippen LogP contribution < -0.4 is 19.7 Å². The summed E-state index contributed by atoms with van der Waals surface area (Å²) in [7, 11) is 1.76. The molecule has 1 fully saturated rings. The number of hydrogen-bond donors (Lipinski definition) is 1. The first kappa shape index (κ1) is 24.8. The Bertz CT molecular complexity index is 1290. The first-order valence-corrected chi connectivity index (χ1v) is 12.7. The van der Waals surface area contributed by atoms with Gasteiger partial charge in [0.1, 0.15) is 18.5 Å². The zero-order valence-electron chi connectivity index (χ0n) is 21.0. The molecule has 0 saturated heterocycles. The van der Waals surface area contributed by atoms with Crippen molar-refractivity contribution in [3.8, 4) is 11.5 Å². The summed E-state index contributed by atoms with van der Waals surface area (Å²) >= 11 is 0. The molecule has 0 radical (unpaired) electrons. The molecule has 2 atom stereocenters. The number of hydrogen-bond acceptors (Lipinski definition) is 5. The maximum Gasteiger partial charge on any atom is 0.272 e. The highest BCUT2D eigenvalue weighted by atomic mass is 19.1. The lowest BCUT2D eigenvalue weighted by Crippen LogP contribution is -2.52. The second kappa shape index (κ2) is 10.6. The third kappa shape index (κ3) is 5.30. The third-order valence-corrected chi connectivity index (χ3v) is 6.91. The van der Waals surface area contributed by atoms with E-state index in [1.54, 1.807) is 49.1 Å². The fourth-order valence-corrected chi connectivity index (χ4v) is 5.14. The number of aryl methyl sites for hydroxylation is 2. The first-order valence-electron chi connectivity index (χ1n) is 12.7. The van der Waals surface area contributed by atoms with Crippen molar-refractivity contribution in [3.63, 3.8) is 0 Å². The minimum atomic E-state index is -1.08. The number of carbonyl (C=O) groups is 2. The second-order valence-electron chi connectivity index (χ2n) is 9.64. The van der Waals surface area contributed by atoms with Crippen molar-refractivity contribution >= 4 is 17.5 Å². The summed E-state index contributed by atoms with van der Waals surface area (Å²) in [5, 5.41) is 7.58. The molecule has 2 aromatic carbocycles. The monoisotopic (exact) mass is 506 g/mol. The van der Waals surface area contributed by atoms with Crippen LogP contribution in [0, 0.1) is 12.7 Å². The highest BCUT2D eigenvalue weighted by Gasteiger charge is 2.41. The van der Waals surface area contributed by atoms with Gasteiger partial charge >= 0.3 is 0 Å². The molecule has 2 heterocycles. The number of carbonyl (C=O) groups excluding carboxylic acids is 2. The number of fused-ring (bicyclic) bond motifs is 1. The number of nitrogens with one attached hydrogen (secondary N) is 1. The Hall–Kier alpha value is -3.88. The van der Waals surface area contributed by atoms with Crippen molar-refractivity contribution < 1.29 is 23.5 Å². The number of para-hydroxylation sites is 2. The van der Waals surface area contributed by atoms with Crippen LogP contribution in [0.5, 0.6) is 11.5 Å². The molecule has 1 aliphatic heterocycles. The topological polar surface area (TPSA) is 85.7 Å². The van der Waals surface area contributed by atoms with Gasteiger partial charge in [-0.05, 0) is 50.1 Å². The third-order valence-electron chi connectivity index (χ3n) is 6.91. The van der Waals surface area contributed by atoms with Crippen LogP contribution >= 0.6 is 0 Å². The molecule has 2 amide bonds. The molecule has 5 rings (SSSR count). The average molecular weight is 507 g/mol. The Kier molecular flexibility index (Phi) is 7.12. The molecule has 1 aliphatic carbocycles. The summed E-state index contributed by atoms with van der Waals surface area (Å²) in [6.07, 6.45) is 5.70. The van der Waals surface area contributed by atoms with E-state index in [0.717, 1.165) is 32.1 Å². The number of halogens is 1. The van der Waals surface area contributed by atoms with E-state index in [1.807, 2.05) is 6.07 Å². The van der Waals surface area contributed by atoms with Gasteiger partial charge in [-0.25, -0.2) is 4.39 Å². The molecule has 0 unspecified atom stereocenters. The second-order valence-corrected chi connectivity index (χ2v) is 9.64. The van der Waals surface area contributed by atoms with Crippen LogP contribution in [-0.2, 0) is 16.6 Å². The van der Waals surface area contributed by atoms with E-state index >= 15 is 0 Å².